The van der Waals surface area contributed by atoms with Gasteiger partial charge in [0.1, 0.15) is 5.69 Å². The maximum Gasteiger partial charge on any atom is 0.363 e. The van der Waals surface area contributed by atoms with Crippen LogP contribution in [0.15, 0.2) is 41.2 Å². The summed E-state index contributed by atoms with van der Waals surface area (Å²) in [6, 6.07) is 5.69. The van der Waals surface area contributed by atoms with Crippen LogP contribution in [0.3, 0.4) is 0 Å². The van der Waals surface area contributed by atoms with E-state index in [0.29, 0.717) is 10.8 Å². The molecule has 0 saturated heterocycles. The Hall–Kier alpha value is -3.46. The number of carbonyl (C=O) groups is 1. The Morgan fingerprint density at radius 1 is 1.23 bits per heavy atom. The molecule has 0 saturated carbocycles. The summed E-state index contributed by atoms with van der Waals surface area (Å²) in [6.07, 6.45) is 2.69. The summed E-state index contributed by atoms with van der Waals surface area (Å²) in [4.78, 5) is 30.9. The van der Waals surface area contributed by atoms with Crippen molar-refractivity contribution in [2.45, 2.75) is 0 Å². The topological polar surface area (TPSA) is 113 Å². The maximum atomic E-state index is 12.1. The van der Waals surface area contributed by atoms with Crippen LogP contribution in [0.5, 0.6) is 11.5 Å². The van der Waals surface area contributed by atoms with Crippen molar-refractivity contribution in [3.63, 3.8) is 0 Å². The predicted octanol–water partition coefficient (Wildman–Crippen LogP) is 2.72. The minimum absolute atomic E-state index is 0.0305. The van der Waals surface area contributed by atoms with E-state index in [1.165, 1.54) is 30.5 Å². The molecule has 1 aromatic heterocycles. The maximum absolute atomic E-state index is 12.1. The van der Waals surface area contributed by atoms with E-state index in [1.54, 1.807) is 6.07 Å². The van der Waals surface area contributed by atoms with Gasteiger partial charge in [0.25, 0.3) is 5.69 Å². The van der Waals surface area contributed by atoms with Crippen LogP contribution in [-0.4, -0.2) is 28.6 Å². The minimum Gasteiger partial charge on any atom is -0.454 e. The molecule has 0 spiro atoms. The molecule has 0 bridgehead atoms. The second-order valence-electron chi connectivity index (χ2n) is 5.22. The second kappa shape index (κ2) is 6.12. The fourth-order valence-electron chi connectivity index (χ4n) is 2.41. The molecule has 10 heteroatoms. The zero-order valence-corrected chi connectivity index (χ0v) is 13.6. The Morgan fingerprint density at radius 2 is 2.00 bits per heavy atom. The number of nitrogens with zero attached hydrogens (tertiary/aromatic N) is 3. The number of fused-ring (bicyclic) bond motifs is 1. The van der Waals surface area contributed by atoms with Gasteiger partial charge in [0.15, 0.2) is 17.2 Å². The van der Waals surface area contributed by atoms with Crippen molar-refractivity contribution < 1.29 is 23.9 Å². The van der Waals surface area contributed by atoms with Crippen LogP contribution >= 0.6 is 11.6 Å². The smallest absolute Gasteiger partial charge is 0.363 e. The Kier molecular flexibility index (Phi) is 3.77. The fraction of sp³-hybridized carbons (Fsp3) is 0.0625. The van der Waals surface area contributed by atoms with Gasteiger partial charge < -0.3 is 14.2 Å². The molecule has 0 atom stereocenters. The van der Waals surface area contributed by atoms with Crippen molar-refractivity contribution in [1.82, 2.24) is 4.98 Å². The van der Waals surface area contributed by atoms with Gasteiger partial charge >= 0.3 is 5.97 Å². The van der Waals surface area contributed by atoms with E-state index < -0.39 is 10.9 Å². The zero-order chi connectivity index (χ0) is 18.3. The number of ether oxygens (including phenoxy) is 3. The third kappa shape index (κ3) is 2.84. The van der Waals surface area contributed by atoms with E-state index in [4.69, 9.17) is 25.8 Å². The van der Waals surface area contributed by atoms with Crippen molar-refractivity contribution in [3.05, 3.63) is 62.6 Å². The van der Waals surface area contributed by atoms with Crippen molar-refractivity contribution in [2.75, 3.05) is 6.79 Å². The highest BCUT2D eigenvalue weighted by molar-refractivity contribution is 6.31. The van der Waals surface area contributed by atoms with Gasteiger partial charge in [-0.25, -0.2) is 9.79 Å². The summed E-state index contributed by atoms with van der Waals surface area (Å²) < 4.78 is 15.4. The van der Waals surface area contributed by atoms with E-state index in [0.717, 1.165) is 0 Å². The zero-order valence-electron chi connectivity index (χ0n) is 12.8. The van der Waals surface area contributed by atoms with E-state index >= 15 is 0 Å². The molecular weight excluding hydrogens is 366 g/mol. The van der Waals surface area contributed by atoms with Crippen LogP contribution in [-0.2, 0) is 9.53 Å². The van der Waals surface area contributed by atoms with Gasteiger partial charge in [0, 0.05) is 11.2 Å². The van der Waals surface area contributed by atoms with Gasteiger partial charge in [0.05, 0.1) is 16.6 Å². The minimum atomic E-state index is -0.756. The number of pyridine rings is 1. The standard InChI is InChI=1S/C16H8ClN3O6/c17-9-1-2-18-10(5-9)15-19-11(16(21)26-15)3-8-4-13-14(25-7-24-13)6-12(8)20(22)23/h1-6H,7H2/b11-3-. The molecule has 2 aliphatic heterocycles. The number of nitro groups is 1. The molecule has 26 heavy (non-hydrogen) atoms. The number of halogens is 1. The molecule has 2 aliphatic rings. The van der Waals surface area contributed by atoms with Crippen LogP contribution in [0.25, 0.3) is 6.08 Å². The van der Waals surface area contributed by atoms with Gasteiger partial charge in [-0.3, -0.25) is 15.1 Å². The molecule has 130 valence electrons. The normalized spacial score (nSPS) is 16.6. The van der Waals surface area contributed by atoms with Crippen LogP contribution in [0.4, 0.5) is 5.69 Å². The lowest BCUT2D eigenvalue weighted by atomic mass is 10.1. The number of cyclic esters (lactones) is 1. The first-order valence-electron chi connectivity index (χ1n) is 7.24. The molecule has 0 amide bonds. The van der Waals surface area contributed by atoms with Crippen LogP contribution < -0.4 is 9.47 Å². The van der Waals surface area contributed by atoms with Crippen LogP contribution in [0, 0.1) is 10.1 Å². The number of aromatic nitrogens is 1. The van der Waals surface area contributed by atoms with Crippen LogP contribution in [0.1, 0.15) is 11.3 Å². The molecule has 4 rings (SSSR count). The predicted molar refractivity (Wildman–Crippen MR) is 89.1 cm³/mol. The van der Waals surface area contributed by atoms with E-state index in [9.17, 15) is 14.9 Å². The van der Waals surface area contributed by atoms with E-state index in [-0.39, 0.29) is 41.1 Å². The van der Waals surface area contributed by atoms with Gasteiger partial charge in [-0.2, -0.15) is 0 Å². The first kappa shape index (κ1) is 16.0. The third-order valence-electron chi connectivity index (χ3n) is 3.57. The molecule has 0 N–H and O–H groups in total. The SMILES string of the molecule is O=C1OC(c2cc(Cl)ccn2)=N/C1=C\c1cc2c(cc1[N+](=O)[O-])OCO2. The third-order valence-corrected chi connectivity index (χ3v) is 3.81. The molecule has 0 fully saturated rings. The number of benzene rings is 1. The lowest BCUT2D eigenvalue weighted by Gasteiger charge is -2.01. The summed E-state index contributed by atoms with van der Waals surface area (Å²) in [5.41, 5.74) is 0.0486. The Bertz CT molecular complexity index is 1020. The lowest BCUT2D eigenvalue weighted by molar-refractivity contribution is -0.385. The largest absolute Gasteiger partial charge is 0.454 e. The number of carbonyl (C=O) groups excluding carboxylic acids is 1. The van der Waals surface area contributed by atoms with Crippen molar-refractivity contribution in [3.8, 4) is 11.5 Å². The van der Waals surface area contributed by atoms with Crippen LogP contribution in [0.2, 0.25) is 5.02 Å². The molecule has 3 heterocycles. The van der Waals surface area contributed by atoms with Crippen molar-refractivity contribution in [1.29, 1.82) is 0 Å². The number of nitro benzene ring substituents is 1. The summed E-state index contributed by atoms with van der Waals surface area (Å²) >= 11 is 5.88. The molecule has 9 nitrogen and oxygen atoms in total. The van der Waals surface area contributed by atoms with Gasteiger partial charge in [0.2, 0.25) is 12.7 Å². The number of hydrogen-bond acceptors (Lipinski definition) is 8. The Labute approximate surface area is 150 Å². The first-order chi connectivity index (χ1) is 12.5. The monoisotopic (exact) mass is 373 g/mol. The van der Waals surface area contributed by atoms with Crippen molar-refractivity contribution in [2.24, 2.45) is 4.99 Å². The van der Waals surface area contributed by atoms with E-state index in [1.807, 2.05) is 0 Å². The average Bonchev–Trinajstić information content (AvgIpc) is 3.20. The first-order valence-corrected chi connectivity index (χ1v) is 7.61. The highest BCUT2D eigenvalue weighted by atomic mass is 35.5. The summed E-state index contributed by atoms with van der Waals surface area (Å²) in [6.45, 7) is -0.0305. The van der Waals surface area contributed by atoms with Gasteiger partial charge in [-0.05, 0) is 24.3 Å². The molecule has 1 aromatic carbocycles. The van der Waals surface area contributed by atoms with Gasteiger partial charge in [-0.15, -0.1) is 0 Å². The molecule has 2 aromatic rings. The highest BCUT2D eigenvalue weighted by Crippen LogP contribution is 2.39. The highest BCUT2D eigenvalue weighted by Gasteiger charge is 2.28. The summed E-state index contributed by atoms with van der Waals surface area (Å²) in [5.74, 6) is -0.185. The molecule has 0 radical (unpaired) electrons. The summed E-state index contributed by atoms with van der Waals surface area (Å²) in [5, 5.41) is 11.7. The number of esters is 1. The van der Waals surface area contributed by atoms with Gasteiger partial charge in [-0.1, -0.05) is 11.6 Å². The fourth-order valence-corrected chi connectivity index (χ4v) is 2.57. The van der Waals surface area contributed by atoms with Crippen molar-refractivity contribution >= 4 is 35.2 Å². The second-order valence-corrected chi connectivity index (χ2v) is 5.65. The lowest BCUT2D eigenvalue weighted by Crippen LogP contribution is -2.07. The Morgan fingerprint density at radius 3 is 2.73 bits per heavy atom. The quantitative estimate of drug-likeness (QED) is 0.351. The number of rotatable bonds is 3. The number of aliphatic imine (C=N–C) groups is 1. The number of hydrogen-bond donors (Lipinski definition) is 0. The Balaban J connectivity index is 1.76. The molecule has 0 aliphatic carbocycles. The molecular formula is C16H8ClN3O6. The summed E-state index contributed by atoms with van der Waals surface area (Å²) in [7, 11) is 0. The van der Waals surface area contributed by atoms with E-state index in [2.05, 4.69) is 9.98 Å². The molecule has 0 unspecified atom stereocenters. The average molecular weight is 374 g/mol.